The lowest BCUT2D eigenvalue weighted by molar-refractivity contribution is -0.115. The molecule has 0 fully saturated rings. The SMILES string of the molecule is COc1cc(-c2cc(-c3ccccc3)nc(SC(C)C(=O)Nc3ccncc3)c2C#N)cc(OC)c1OC. The molecule has 0 radical (unpaired) electrons. The van der Waals surface area contributed by atoms with Gasteiger partial charge in [-0.15, -0.1) is 0 Å². The van der Waals surface area contributed by atoms with Crippen molar-refractivity contribution in [2.24, 2.45) is 0 Å². The molecule has 0 saturated heterocycles. The first-order valence-electron chi connectivity index (χ1n) is 11.7. The third-order valence-corrected chi connectivity index (χ3v) is 6.84. The fourth-order valence-corrected chi connectivity index (χ4v) is 4.76. The molecular formula is C29H26N4O4S. The number of hydrogen-bond donors (Lipinski definition) is 1. The lowest BCUT2D eigenvalue weighted by Gasteiger charge is -2.18. The first-order chi connectivity index (χ1) is 18.5. The van der Waals surface area contributed by atoms with Gasteiger partial charge in [0.15, 0.2) is 11.5 Å². The number of carbonyl (C=O) groups excluding carboxylic acids is 1. The summed E-state index contributed by atoms with van der Waals surface area (Å²) < 4.78 is 16.6. The van der Waals surface area contributed by atoms with Crippen molar-refractivity contribution < 1.29 is 19.0 Å². The number of pyridine rings is 2. The van der Waals surface area contributed by atoms with Gasteiger partial charge in [0.1, 0.15) is 11.1 Å². The number of nitrogens with zero attached hydrogens (tertiary/aromatic N) is 3. The van der Waals surface area contributed by atoms with Crippen molar-refractivity contribution in [3.8, 4) is 45.7 Å². The van der Waals surface area contributed by atoms with E-state index in [1.165, 1.54) is 18.9 Å². The lowest BCUT2D eigenvalue weighted by Crippen LogP contribution is -2.22. The molecule has 0 spiro atoms. The van der Waals surface area contributed by atoms with E-state index in [0.717, 1.165) is 5.56 Å². The van der Waals surface area contributed by atoms with E-state index < -0.39 is 5.25 Å². The summed E-state index contributed by atoms with van der Waals surface area (Å²) in [7, 11) is 4.62. The van der Waals surface area contributed by atoms with Crippen LogP contribution in [0.15, 0.2) is 78.1 Å². The minimum absolute atomic E-state index is 0.216. The standard InChI is InChI=1S/C29H26N4O4S/c1-18(28(34)32-21-10-12-31-13-11-21)38-29-23(17-30)22(16-24(33-29)19-8-6-5-7-9-19)20-14-25(35-2)27(37-4)26(15-20)36-3/h5-16,18H,1-4H3,(H,31,32,34). The molecule has 38 heavy (non-hydrogen) atoms. The maximum Gasteiger partial charge on any atom is 0.237 e. The highest BCUT2D eigenvalue weighted by Crippen LogP contribution is 2.43. The summed E-state index contributed by atoms with van der Waals surface area (Å²) in [4.78, 5) is 21.7. The average molecular weight is 527 g/mol. The molecule has 0 saturated carbocycles. The number of anilines is 1. The predicted molar refractivity (Wildman–Crippen MR) is 148 cm³/mol. The summed E-state index contributed by atoms with van der Waals surface area (Å²) in [6.45, 7) is 1.78. The molecular weight excluding hydrogens is 500 g/mol. The molecule has 2 aromatic heterocycles. The highest BCUT2D eigenvalue weighted by Gasteiger charge is 2.23. The van der Waals surface area contributed by atoms with Crippen molar-refractivity contribution in [1.82, 2.24) is 9.97 Å². The highest BCUT2D eigenvalue weighted by atomic mass is 32.2. The third kappa shape index (κ3) is 5.71. The maximum atomic E-state index is 13.0. The predicted octanol–water partition coefficient (Wildman–Crippen LogP) is 5.83. The first-order valence-corrected chi connectivity index (χ1v) is 12.6. The van der Waals surface area contributed by atoms with Crippen LogP contribution in [0.5, 0.6) is 17.2 Å². The normalized spacial score (nSPS) is 11.2. The molecule has 2 aromatic carbocycles. The Balaban J connectivity index is 1.83. The second-order valence-electron chi connectivity index (χ2n) is 8.11. The van der Waals surface area contributed by atoms with Crippen molar-refractivity contribution >= 4 is 23.4 Å². The zero-order valence-corrected chi connectivity index (χ0v) is 22.2. The van der Waals surface area contributed by atoms with E-state index >= 15 is 0 Å². The Morgan fingerprint density at radius 2 is 1.61 bits per heavy atom. The Bertz CT molecular complexity index is 1450. The number of methoxy groups -OCH3 is 3. The summed E-state index contributed by atoms with van der Waals surface area (Å²) >= 11 is 1.22. The smallest absolute Gasteiger partial charge is 0.237 e. The van der Waals surface area contributed by atoms with Crippen molar-refractivity contribution in [1.29, 1.82) is 5.26 Å². The largest absolute Gasteiger partial charge is 0.493 e. The molecule has 2 heterocycles. The van der Waals surface area contributed by atoms with Crippen LogP contribution < -0.4 is 19.5 Å². The number of nitrogens with one attached hydrogen (secondary N) is 1. The number of thioether (sulfide) groups is 1. The van der Waals surface area contributed by atoms with E-state index in [-0.39, 0.29) is 5.91 Å². The van der Waals surface area contributed by atoms with Crippen molar-refractivity contribution in [2.45, 2.75) is 17.2 Å². The van der Waals surface area contributed by atoms with Gasteiger partial charge in [-0.1, -0.05) is 42.1 Å². The monoisotopic (exact) mass is 526 g/mol. The van der Waals surface area contributed by atoms with E-state index in [4.69, 9.17) is 19.2 Å². The van der Waals surface area contributed by atoms with Crippen LogP contribution in [0.2, 0.25) is 0 Å². The van der Waals surface area contributed by atoms with Crippen molar-refractivity contribution in [3.63, 3.8) is 0 Å². The summed E-state index contributed by atoms with van der Waals surface area (Å²) in [5.41, 5.74) is 3.84. The second kappa shape index (κ2) is 12.1. The minimum atomic E-state index is -0.540. The zero-order chi connectivity index (χ0) is 27.1. The highest BCUT2D eigenvalue weighted by molar-refractivity contribution is 8.00. The molecule has 1 unspecified atom stereocenters. The molecule has 8 nitrogen and oxygen atoms in total. The van der Waals surface area contributed by atoms with Gasteiger partial charge in [-0.2, -0.15) is 5.26 Å². The molecule has 4 rings (SSSR count). The minimum Gasteiger partial charge on any atom is -0.493 e. The van der Waals surface area contributed by atoms with Crippen LogP contribution >= 0.6 is 11.8 Å². The topological polar surface area (TPSA) is 106 Å². The van der Waals surface area contributed by atoms with Crippen LogP contribution in [0.1, 0.15) is 12.5 Å². The molecule has 1 atom stereocenters. The number of ether oxygens (including phenoxy) is 3. The van der Waals surface area contributed by atoms with Crippen LogP contribution in [-0.4, -0.2) is 42.5 Å². The summed E-state index contributed by atoms with van der Waals surface area (Å²) in [6, 6.07) is 20.8. The molecule has 4 aromatic rings. The number of aromatic nitrogens is 2. The number of rotatable bonds is 9. The van der Waals surface area contributed by atoms with Crippen LogP contribution in [0.3, 0.4) is 0 Å². The number of hydrogen-bond acceptors (Lipinski definition) is 8. The van der Waals surface area contributed by atoms with Crippen molar-refractivity contribution in [3.05, 3.63) is 78.6 Å². The number of benzene rings is 2. The number of nitriles is 1. The van der Waals surface area contributed by atoms with Gasteiger partial charge in [0.05, 0.1) is 37.8 Å². The summed E-state index contributed by atoms with van der Waals surface area (Å²) in [5.74, 6) is 1.16. The lowest BCUT2D eigenvalue weighted by atomic mass is 9.98. The Morgan fingerprint density at radius 1 is 0.947 bits per heavy atom. The molecule has 1 N–H and O–H groups in total. The fraction of sp³-hybridized carbons (Fsp3) is 0.172. The molecule has 1 amide bonds. The van der Waals surface area contributed by atoms with Gasteiger partial charge < -0.3 is 19.5 Å². The van der Waals surface area contributed by atoms with Crippen LogP contribution in [0.25, 0.3) is 22.4 Å². The van der Waals surface area contributed by atoms with E-state index in [1.54, 1.807) is 57.8 Å². The van der Waals surface area contributed by atoms with E-state index in [1.807, 2.05) is 36.4 Å². The Morgan fingerprint density at radius 3 is 2.18 bits per heavy atom. The van der Waals surface area contributed by atoms with Gasteiger partial charge in [-0.3, -0.25) is 9.78 Å². The summed E-state index contributed by atoms with van der Waals surface area (Å²) in [6.07, 6.45) is 3.21. The maximum absolute atomic E-state index is 13.0. The van der Waals surface area contributed by atoms with Crippen LogP contribution in [0, 0.1) is 11.3 Å². The fourth-order valence-electron chi connectivity index (χ4n) is 3.84. The zero-order valence-electron chi connectivity index (χ0n) is 21.4. The van der Waals surface area contributed by atoms with Crippen molar-refractivity contribution in [2.75, 3.05) is 26.6 Å². The average Bonchev–Trinajstić information content (AvgIpc) is 2.96. The molecule has 9 heteroatoms. The summed E-state index contributed by atoms with van der Waals surface area (Å²) in [5, 5.41) is 13.0. The molecule has 192 valence electrons. The Labute approximate surface area is 225 Å². The van der Waals surface area contributed by atoms with Crippen LogP contribution in [0.4, 0.5) is 5.69 Å². The Kier molecular flexibility index (Phi) is 8.46. The number of carbonyl (C=O) groups is 1. The van der Waals surface area contributed by atoms with Crippen LogP contribution in [-0.2, 0) is 4.79 Å². The van der Waals surface area contributed by atoms with E-state index in [9.17, 15) is 10.1 Å². The number of amides is 1. The van der Waals surface area contributed by atoms with E-state index in [0.29, 0.717) is 50.3 Å². The van der Waals surface area contributed by atoms with Gasteiger partial charge in [0.2, 0.25) is 11.7 Å². The van der Waals surface area contributed by atoms with Gasteiger partial charge >= 0.3 is 0 Å². The van der Waals surface area contributed by atoms with Gasteiger partial charge in [-0.05, 0) is 42.8 Å². The first kappa shape index (κ1) is 26.5. The van der Waals surface area contributed by atoms with Gasteiger partial charge in [0, 0.05) is 29.2 Å². The molecule has 0 bridgehead atoms. The quantitative estimate of drug-likeness (QED) is 0.272. The molecule has 0 aliphatic heterocycles. The molecule has 0 aliphatic carbocycles. The third-order valence-electron chi connectivity index (χ3n) is 5.75. The van der Waals surface area contributed by atoms with Gasteiger partial charge in [-0.25, -0.2) is 4.98 Å². The second-order valence-corrected chi connectivity index (χ2v) is 9.44. The van der Waals surface area contributed by atoms with E-state index in [2.05, 4.69) is 16.4 Å². The van der Waals surface area contributed by atoms with Gasteiger partial charge in [0.25, 0.3) is 0 Å². The Hall–Kier alpha value is -4.55. The molecule has 0 aliphatic rings.